The fraction of sp³-hybridized carbons (Fsp3) is 0.217. The number of hydrogen-bond donors (Lipinski definition) is 1. The standard InChI is InChI=1S/C23H22N4O3/c1-13-5-7-15(8-6-13)27-23-20(14(2)26-27)21(18(12-24)22(25)30-23)17-10-9-16(28-3)11-19(17)29-4/h5-11,21H,25H2,1-4H3/t21-/m1/s1. The first kappa shape index (κ1) is 19.4. The number of rotatable bonds is 4. The summed E-state index contributed by atoms with van der Waals surface area (Å²) in [5, 5.41) is 14.6. The predicted molar refractivity (Wildman–Crippen MR) is 112 cm³/mol. The average Bonchev–Trinajstić information content (AvgIpc) is 3.08. The molecule has 1 atom stereocenters. The van der Waals surface area contributed by atoms with Gasteiger partial charge in [-0.25, -0.2) is 4.68 Å². The number of nitriles is 1. The third kappa shape index (κ3) is 3.03. The number of methoxy groups -OCH3 is 2. The van der Waals surface area contributed by atoms with Crippen molar-refractivity contribution in [2.45, 2.75) is 19.8 Å². The van der Waals surface area contributed by atoms with E-state index in [0.29, 0.717) is 23.0 Å². The maximum atomic E-state index is 9.87. The van der Waals surface area contributed by atoms with Gasteiger partial charge in [0, 0.05) is 11.6 Å². The molecule has 4 rings (SSSR count). The van der Waals surface area contributed by atoms with Crippen LogP contribution in [-0.4, -0.2) is 24.0 Å². The van der Waals surface area contributed by atoms with Gasteiger partial charge in [-0.15, -0.1) is 0 Å². The molecule has 0 fully saturated rings. The van der Waals surface area contributed by atoms with Crippen molar-refractivity contribution >= 4 is 0 Å². The SMILES string of the molecule is COc1ccc([C@@H]2C(C#N)=C(N)Oc3c2c(C)nn3-c2ccc(C)cc2)c(OC)c1. The molecule has 2 aromatic carbocycles. The van der Waals surface area contributed by atoms with Crippen molar-refractivity contribution in [2.24, 2.45) is 5.73 Å². The number of fused-ring (bicyclic) bond motifs is 1. The Morgan fingerprint density at radius 1 is 1.10 bits per heavy atom. The van der Waals surface area contributed by atoms with E-state index < -0.39 is 5.92 Å². The van der Waals surface area contributed by atoms with Crippen molar-refractivity contribution in [1.82, 2.24) is 9.78 Å². The summed E-state index contributed by atoms with van der Waals surface area (Å²) >= 11 is 0. The maximum Gasteiger partial charge on any atom is 0.229 e. The van der Waals surface area contributed by atoms with E-state index in [1.54, 1.807) is 25.0 Å². The lowest BCUT2D eigenvalue weighted by molar-refractivity contribution is 0.363. The highest BCUT2D eigenvalue weighted by Crippen LogP contribution is 2.47. The Balaban J connectivity index is 1.96. The number of nitrogens with two attached hydrogens (primary N) is 1. The summed E-state index contributed by atoms with van der Waals surface area (Å²) in [5.74, 6) is 1.33. The summed E-state index contributed by atoms with van der Waals surface area (Å²) in [6.45, 7) is 3.92. The molecule has 3 aromatic rings. The second kappa shape index (κ2) is 7.48. The molecule has 1 aliphatic rings. The van der Waals surface area contributed by atoms with Crippen molar-refractivity contribution in [1.29, 1.82) is 5.26 Å². The molecule has 1 aromatic heterocycles. The van der Waals surface area contributed by atoms with Crippen molar-refractivity contribution < 1.29 is 14.2 Å². The fourth-order valence-corrected chi connectivity index (χ4v) is 3.74. The van der Waals surface area contributed by atoms with E-state index in [0.717, 1.165) is 28.1 Å². The molecule has 0 spiro atoms. The quantitative estimate of drug-likeness (QED) is 0.715. The molecule has 30 heavy (non-hydrogen) atoms. The largest absolute Gasteiger partial charge is 0.497 e. The van der Waals surface area contributed by atoms with Gasteiger partial charge < -0.3 is 19.9 Å². The Bertz CT molecular complexity index is 1190. The number of aryl methyl sites for hydroxylation is 2. The summed E-state index contributed by atoms with van der Waals surface area (Å²) in [6, 6.07) is 15.7. The maximum absolute atomic E-state index is 9.87. The van der Waals surface area contributed by atoms with Gasteiger partial charge >= 0.3 is 0 Å². The minimum absolute atomic E-state index is 0.0566. The Morgan fingerprint density at radius 3 is 2.47 bits per heavy atom. The topological polar surface area (TPSA) is 95.3 Å². The fourth-order valence-electron chi connectivity index (χ4n) is 3.74. The molecule has 0 saturated carbocycles. The Hall–Kier alpha value is -3.92. The molecular formula is C23H22N4O3. The van der Waals surface area contributed by atoms with Crippen molar-refractivity contribution in [3.8, 4) is 29.1 Å². The van der Waals surface area contributed by atoms with Gasteiger partial charge in [-0.05, 0) is 32.0 Å². The summed E-state index contributed by atoms with van der Waals surface area (Å²) in [6.07, 6.45) is 0. The van der Waals surface area contributed by atoms with Crippen molar-refractivity contribution in [3.63, 3.8) is 0 Å². The van der Waals surface area contributed by atoms with Gasteiger partial charge in [0.2, 0.25) is 11.8 Å². The molecule has 2 heterocycles. The van der Waals surface area contributed by atoms with Gasteiger partial charge in [-0.1, -0.05) is 23.8 Å². The van der Waals surface area contributed by atoms with Crippen LogP contribution in [0.15, 0.2) is 53.9 Å². The number of allylic oxidation sites excluding steroid dienone is 1. The lowest BCUT2D eigenvalue weighted by Gasteiger charge is -2.26. The summed E-state index contributed by atoms with van der Waals surface area (Å²) < 4.78 is 18.6. The molecule has 7 nitrogen and oxygen atoms in total. The molecule has 0 aliphatic carbocycles. The first-order chi connectivity index (χ1) is 14.5. The smallest absolute Gasteiger partial charge is 0.229 e. The van der Waals surface area contributed by atoms with Crippen LogP contribution in [0.4, 0.5) is 0 Å². The Labute approximate surface area is 174 Å². The van der Waals surface area contributed by atoms with Crippen LogP contribution in [0, 0.1) is 25.2 Å². The molecule has 1 aliphatic heterocycles. The zero-order valence-electron chi connectivity index (χ0n) is 17.3. The van der Waals surface area contributed by atoms with Gasteiger partial charge in [-0.2, -0.15) is 10.4 Å². The van der Waals surface area contributed by atoms with E-state index in [9.17, 15) is 5.26 Å². The molecule has 0 radical (unpaired) electrons. The first-order valence-electron chi connectivity index (χ1n) is 9.44. The second-order valence-corrected chi connectivity index (χ2v) is 7.08. The highest BCUT2D eigenvalue weighted by atomic mass is 16.5. The molecule has 152 valence electrons. The van der Waals surface area contributed by atoms with Gasteiger partial charge in [0.05, 0.1) is 37.1 Å². The zero-order valence-corrected chi connectivity index (χ0v) is 17.3. The van der Waals surface area contributed by atoms with Crippen LogP contribution in [0.3, 0.4) is 0 Å². The van der Waals surface area contributed by atoms with Crippen LogP contribution in [0.2, 0.25) is 0 Å². The zero-order chi connectivity index (χ0) is 21.4. The van der Waals surface area contributed by atoms with E-state index in [2.05, 4.69) is 6.07 Å². The first-order valence-corrected chi connectivity index (χ1v) is 9.44. The van der Waals surface area contributed by atoms with Gasteiger partial charge in [0.1, 0.15) is 23.1 Å². The van der Waals surface area contributed by atoms with Crippen LogP contribution in [0.5, 0.6) is 17.4 Å². The molecule has 0 unspecified atom stereocenters. The highest BCUT2D eigenvalue weighted by Gasteiger charge is 2.37. The van der Waals surface area contributed by atoms with Gasteiger partial charge in [-0.3, -0.25) is 0 Å². The monoisotopic (exact) mass is 402 g/mol. The third-order valence-corrected chi connectivity index (χ3v) is 5.26. The number of benzene rings is 2. The number of ether oxygens (including phenoxy) is 3. The van der Waals surface area contributed by atoms with Crippen LogP contribution < -0.4 is 19.9 Å². The molecular weight excluding hydrogens is 380 g/mol. The third-order valence-electron chi connectivity index (χ3n) is 5.26. The lowest BCUT2D eigenvalue weighted by atomic mass is 9.83. The van der Waals surface area contributed by atoms with E-state index in [1.165, 1.54) is 0 Å². The summed E-state index contributed by atoms with van der Waals surface area (Å²) in [4.78, 5) is 0. The number of aromatic nitrogens is 2. The van der Waals surface area contributed by atoms with Crippen molar-refractivity contribution in [2.75, 3.05) is 14.2 Å². The summed E-state index contributed by atoms with van der Waals surface area (Å²) in [7, 11) is 3.18. The Kier molecular flexibility index (Phi) is 4.84. The summed E-state index contributed by atoms with van der Waals surface area (Å²) in [5.41, 5.74) is 10.8. The average molecular weight is 402 g/mol. The van der Waals surface area contributed by atoms with E-state index >= 15 is 0 Å². The number of hydrogen-bond acceptors (Lipinski definition) is 6. The Morgan fingerprint density at radius 2 is 1.83 bits per heavy atom. The van der Waals surface area contributed by atoms with Gasteiger partial charge in [0.15, 0.2) is 0 Å². The number of nitrogens with zero attached hydrogens (tertiary/aromatic N) is 3. The minimum Gasteiger partial charge on any atom is -0.497 e. The normalized spacial score (nSPS) is 15.2. The van der Waals surface area contributed by atoms with E-state index in [-0.39, 0.29) is 5.88 Å². The van der Waals surface area contributed by atoms with Crippen LogP contribution in [0.1, 0.15) is 28.3 Å². The molecule has 0 saturated heterocycles. The highest BCUT2D eigenvalue weighted by molar-refractivity contribution is 5.60. The van der Waals surface area contributed by atoms with Crippen LogP contribution >= 0.6 is 0 Å². The minimum atomic E-state index is -0.473. The van der Waals surface area contributed by atoms with Crippen molar-refractivity contribution in [3.05, 3.63) is 76.3 Å². The van der Waals surface area contributed by atoms with Crippen LogP contribution in [0.25, 0.3) is 5.69 Å². The molecule has 7 heteroatoms. The van der Waals surface area contributed by atoms with Gasteiger partial charge in [0.25, 0.3) is 0 Å². The van der Waals surface area contributed by atoms with E-state index in [4.69, 9.17) is 25.0 Å². The predicted octanol–water partition coefficient (Wildman–Crippen LogP) is 3.72. The molecule has 0 bridgehead atoms. The van der Waals surface area contributed by atoms with Crippen LogP contribution in [-0.2, 0) is 0 Å². The van der Waals surface area contributed by atoms with E-state index in [1.807, 2.05) is 50.2 Å². The molecule has 0 amide bonds. The second-order valence-electron chi connectivity index (χ2n) is 7.08. The molecule has 2 N–H and O–H groups in total. The lowest BCUT2D eigenvalue weighted by Crippen LogP contribution is -2.22.